The molecule has 6 nitrogen and oxygen atoms in total. The third-order valence-electron chi connectivity index (χ3n) is 4.35. The van der Waals surface area contributed by atoms with Crippen LogP contribution in [-0.4, -0.2) is 24.0 Å². The summed E-state index contributed by atoms with van der Waals surface area (Å²) in [7, 11) is 1.20. The van der Waals surface area contributed by atoms with Gasteiger partial charge in [-0.25, -0.2) is 4.79 Å². The van der Waals surface area contributed by atoms with Gasteiger partial charge in [0.15, 0.2) is 5.78 Å². The summed E-state index contributed by atoms with van der Waals surface area (Å²) in [6, 6.07) is 24.0. The second kappa shape index (κ2) is 10.6. The van der Waals surface area contributed by atoms with Crippen LogP contribution in [-0.2, 0) is 22.7 Å². The standard InChI is InChI=1S/C25H22O6/c1-29-24(25(27)28)15-23(26)20-12-21(30-16-18-8-4-2-5-9-18)14-22(13-20)31-17-19-10-6-3-7-11-19/h2-15H,16-17H2,1H3,(H,27,28)/b24-15-. The van der Waals surface area contributed by atoms with Crippen LogP contribution in [0, 0.1) is 0 Å². The number of carboxylic acids is 1. The van der Waals surface area contributed by atoms with Crippen molar-refractivity contribution in [1.29, 1.82) is 0 Å². The molecule has 0 aliphatic heterocycles. The van der Waals surface area contributed by atoms with Crippen molar-refractivity contribution < 1.29 is 28.9 Å². The molecule has 158 valence electrons. The third kappa shape index (κ3) is 6.47. The number of methoxy groups -OCH3 is 1. The third-order valence-corrected chi connectivity index (χ3v) is 4.35. The van der Waals surface area contributed by atoms with Crippen LogP contribution in [0.2, 0.25) is 0 Å². The number of benzene rings is 3. The summed E-state index contributed by atoms with van der Waals surface area (Å²) < 4.78 is 16.5. The highest BCUT2D eigenvalue weighted by Crippen LogP contribution is 2.25. The quantitative estimate of drug-likeness (QED) is 0.293. The fraction of sp³-hybridized carbons (Fsp3) is 0.120. The van der Waals surface area contributed by atoms with Crippen LogP contribution in [0.15, 0.2) is 90.7 Å². The van der Waals surface area contributed by atoms with Crippen molar-refractivity contribution in [2.45, 2.75) is 13.2 Å². The Morgan fingerprint density at radius 2 is 1.29 bits per heavy atom. The van der Waals surface area contributed by atoms with Gasteiger partial charge >= 0.3 is 5.97 Å². The van der Waals surface area contributed by atoms with Crippen molar-refractivity contribution in [2.24, 2.45) is 0 Å². The Kier molecular flexibility index (Phi) is 7.43. The Morgan fingerprint density at radius 1 is 0.806 bits per heavy atom. The largest absolute Gasteiger partial charge is 0.490 e. The number of allylic oxidation sites excluding steroid dienone is 1. The van der Waals surface area contributed by atoms with Crippen LogP contribution in [0.4, 0.5) is 0 Å². The Balaban J connectivity index is 1.85. The molecule has 3 rings (SSSR count). The van der Waals surface area contributed by atoms with Gasteiger partial charge in [-0.05, 0) is 23.3 Å². The first kappa shape index (κ1) is 21.6. The van der Waals surface area contributed by atoms with Gasteiger partial charge in [0.1, 0.15) is 24.7 Å². The Morgan fingerprint density at radius 3 is 1.71 bits per heavy atom. The van der Waals surface area contributed by atoms with E-state index >= 15 is 0 Å². The molecule has 1 N–H and O–H groups in total. The summed E-state index contributed by atoms with van der Waals surface area (Å²) in [5, 5.41) is 9.10. The van der Waals surface area contributed by atoms with Crippen molar-refractivity contribution in [2.75, 3.05) is 7.11 Å². The predicted molar refractivity (Wildman–Crippen MR) is 115 cm³/mol. The number of ketones is 1. The van der Waals surface area contributed by atoms with Gasteiger partial charge in [0.25, 0.3) is 0 Å². The molecule has 0 aliphatic rings. The molecule has 31 heavy (non-hydrogen) atoms. The van der Waals surface area contributed by atoms with Gasteiger partial charge in [0.2, 0.25) is 5.76 Å². The number of carbonyl (C=O) groups is 2. The molecule has 0 saturated carbocycles. The minimum absolute atomic E-state index is 0.226. The lowest BCUT2D eigenvalue weighted by Crippen LogP contribution is -2.07. The molecule has 0 unspecified atom stereocenters. The fourth-order valence-electron chi connectivity index (χ4n) is 2.77. The van der Waals surface area contributed by atoms with Crippen LogP contribution in [0.3, 0.4) is 0 Å². The van der Waals surface area contributed by atoms with Crippen molar-refractivity contribution in [3.05, 3.63) is 107 Å². The molecule has 0 amide bonds. The number of rotatable bonds is 10. The molecule has 0 bridgehead atoms. The topological polar surface area (TPSA) is 82.1 Å². The first-order chi connectivity index (χ1) is 15.0. The summed E-state index contributed by atoms with van der Waals surface area (Å²) >= 11 is 0. The zero-order chi connectivity index (χ0) is 22.1. The Labute approximate surface area is 180 Å². The lowest BCUT2D eigenvalue weighted by atomic mass is 10.1. The van der Waals surface area contributed by atoms with Crippen LogP contribution in [0.1, 0.15) is 21.5 Å². The molecule has 3 aromatic rings. The maximum Gasteiger partial charge on any atom is 0.371 e. The maximum atomic E-state index is 12.6. The number of ether oxygens (including phenoxy) is 3. The number of carbonyl (C=O) groups excluding carboxylic acids is 1. The number of carboxylic acid groups (broad SMARTS) is 1. The van der Waals surface area contributed by atoms with E-state index in [0.717, 1.165) is 17.2 Å². The van der Waals surface area contributed by atoms with Gasteiger partial charge in [0, 0.05) is 17.7 Å². The van der Waals surface area contributed by atoms with E-state index in [1.165, 1.54) is 7.11 Å². The molecule has 0 aromatic heterocycles. The smallest absolute Gasteiger partial charge is 0.371 e. The van der Waals surface area contributed by atoms with E-state index < -0.39 is 17.5 Å². The van der Waals surface area contributed by atoms with E-state index in [2.05, 4.69) is 0 Å². The molecule has 3 aromatic carbocycles. The van der Waals surface area contributed by atoms with E-state index in [4.69, 9.17) is 19.3 Å². The molecule has 0 radical (unpaired) electrons. The molecule has 0 atom stereocenters. The molecule has 0 saturated heterocycles. The predicted octanol–water partition coefficient (Wildman–Crippen LogP) is 4.64. The van der Waals surface area contributed by atoms with Gasteiger partial charge in [-0.15, -0.1) is 0 Å². The number of aliphatic carboxylic acids is 1. The van der Waals surface area contributed by atoms with Gasteiger partial charge in [-0.1, -0.05) is 60.7 Å². The Bertz CT molecular complexity index is 996. The van der Waals surface area contributed by atoms with Crippen LogP contribution in [0.25, 0.3) is 0 Å². The number of hydrogen-bond acceptors (Lipinski definition) is 5. The highest BCUT2D eigenvalue weighted by Gasteiger charge is 2.14. The first-order valence-corrected chi connectivity index (χ1v) is 9.57. The van der Waals surface area contributed by atoms with Crippen LogP contribution < -0.4 is 9.47 Å². The van der Waals surface area contributed by atoms with E-state index in [9.17, 15) is 9.59 Å². The average Bonchev–Trinajstić information content (AvgIpc) is 2.80. The van der Waals surface area contributed by atoms with Gasteiger partial charge in [-0.3, -0.25) is 4.79 Å². The van der Waals surface area contributed by atoms with E-state index in [-0.39, 0.29) is 5.56 Å². The maximum absolute atomic E-state index is 12.6. The fourth-order valence-corrected chi connectivity index (χ4v) is 2.77. The molecule has 0 fully saturated rings. The zero-order valence-electron chi connectivity index (χ0n) is 17.0. The molecule has 0 spiro atoms. The van der Waals surface area contributed by atoms with Gasteiger partial charge in [-0.2, -0.15) is 0 Å². The van der Waals surface area contributed by atoms with Gasteiger partial charge < -0.3 is 19.3 Å². The van der Waals surface area contributed by atoms with Crippen molar-refractivity contribution in [1.82, 2.24) is 0 Å². The molecular formula is C25H22O6. The minimum Gasteiger partial charge on any atom is -0.490 e. The summed E-state index contributed by atoms with van der Waals surface area (Å²) in [4.78, 5) is 23.8. The molecule has 0 heterocycles. The zero-order valence-corrected chi connectivity index (χ0v) is 17.0. The minimum atomic E-state index is -1.33. The highest BCUT2D eigenvalue weighted by atomic mass is 16.5. The van der Waals surface area contributed by atoms with Crippen LogP contribution >= 0.6 is 0 Å². The highest BCUT2D eigenvalue weighted by molar-refractivity contribution is 6.08. The molecular weight excluding hydrogens is 396 g/mol. The molecule has 0 aliphatic carbocycles. The van der Waals surface area contributed by atoms with Gasteiger partial charge in [0.05, 0.1) is 7.11 Å². The monoisotopic (exact) mass is 418 g/mol. The van der Waals surface area contributed by atoms with Crippen LogP contribution in [0.5, 0.6) is 11.5 Å². The molecule has 6 heteroatoms. The Hall–Kier alpha value is -4.06. The normalized spacial score (nSPS) is 10.9. The average molecular weight is 418 g/mol. The lowest BCUT2D eigenvalue weighted by Gasteiger charge is -2.12. The van der Waals surface area contributed by atoms with Crippen molar-refractivity contribution in [3.8, 4) is 11.5 Å². The summed E-state index contributed by atoms with van der Waals surface area (Å²) in [6.07, 6.45) is 0.930. The second-order valence-corrected chi connectivity index (χ2v) is 6.62. The van der Waals surface area contributed by atoms with Crippen molar-refractivity contribution in [3.63, 3.8) is 0 Å². The van der Waals surface area contributed by atoms with E-state index in [1.54, 1.807) is 18.2 Å². The summed E-state index contributed by atoms with van der Waals surface area (Å²) in [5.74, 6) is -1.45. The van der Waals surface area contributed by atoms with Crippen molar-refractivity contribution >= 4 is 11.8 Å². The summed E-state index contributed by atoms with van der Waals surface area (Å²) in [5.41, 5.74) is 2.17. The lowest BCUT2D eigenvalue weighted by molar-refractivity contribution is -0.136. The SMILES string of the molecule is CO/C(=C\C(=O)c1cc(OCc2ccccc2)cc(OCc2ccccc2)c1)C(=O)O. The number of hydrogen-bond donors (Lipinski definition) is 1. The van der Waals surface area contributed by atoms with E-state index in [0.29, 0.717) is 24.7 Å². The summed E-state index contributed by atoms with van der Waals surface area (Å²) in [6.45, 7) is 0.621. The van der Waals surface area contributed by atoms with E-state index in [1.807, 2.05) is 60.7 Å². The first-order valence-electron chi connectivity index (χ1n) is 9.57. The second-order valence-electron chi connectivity index (χ2n) is 6.62.